The highest BCUT2D eigenvalue weighted by Gasteiger charge is 2.30. The van der Waals surface area contributed by atoms with Crippen molar-refractivity contribution in [3.63, 3.8) is 0 Å². The van der Waals surface area contributed by atoms with Gasteiger partial charge < -0.3 is 15.0 Å². The molecule has 0 aliphatic carbocycles. The number of nitrogens with one attached hydrogen (secondary N) is 1. The molecule has 2 atom stereocenters. The van der Waals surface area contributed by atoms with Crippen molar-refractivity contribution in [1.82, 2.24) is 15.1 Å². The predicted octanol–water partition coefficient (Wildman–Crippen LogP) is 1.07. The van der Waals surface area contributed by atoms with Crippen molar-refractivity contribution in [3.05, 3.63) is 0 Å². The Labute approximate surface area is 116 Å². The lowest BCUT2D eigenvalue weighted by atomic mass is 10.2. The van der Waals surface area contributed by atoms with E-state index < -0.39 is 0 Å². The molecule has 4 nitrogen and oxygen atoms in total. The Hall–Kier alpha value is -0.390. The van der Waals surface area contributed by atoms with E-state index in [9.17, 15) is 0 Å². The van der Waals surface area contributed by atoms with Gasteiger partial charge in [0.15, 0.2) is 5.11 Å². The van der Waals surface area contributed by atoms with Crippen LogP contribution in [0.3, 0.4) is 0 Å². The fourth-order valence-electron chi connectivity index (χ4n) is 2.92. The van der Waals surface area contributed by atoms with Crippen molar-refractivity contribution in [2.24, 2.45) is 0 Å². The lowest BCUT2D eigenvalue weighted by Crippen LogP contribution is -2.45. The first-order valence-corrected chi connectivity index (χ1v) is 7.40. The van der Waals surface area contributed by atoms with E-state index in [-0.39, 0.29) is 6.04 Å². The summed E-state index contributed by atoms with van der Waals surface area (Å²) >= 11 is 5.47. The van der Waals surface area contributed by atoms with E-state index in [1.807, 2.05) is 0 Å². The molecule has 0 spiro atoms. The van der Waals surface area contributed by atoms with Gasteiger partial charge in [0.25, 0.3) is 0 Å². The molecule has 5 heteroatoms. The number of thiocarbonyl (C=S) groups is 1. The van der Waals surface area contributed by atoms with Gasteiger partial charge in [-0.2, -0.15) is 0 Å². The first-order chi connectivity index (χ1) is 8.70. The van der Waals surface area contributed by atoms with Crippen LogP contribution >= 0.6 is 12.2 Å². The monoisotopic (exact) mass is 271 g/mol. The van der Waals surface area contributed by atoms with Crippen LogP contribution in [0.2, 0.25) is 0 Å². The van der Waals surface area contributed by atoms with Gasteiger partial charge in [0.2, 0.25) is 0 Å². The predicted molar refractivity (Wildman–Crippen MR) is 77.9 cm³/mol. The molecule has 2 rings (SSSR count). The summed E-state index contributed by atoms with van der Waals surface area (Å²) in [6, 6.07) is 0.998. The van der Waals surface area contributed by atoms with Crippen LogP contribution in [0.1, 0.15) is 26.2 Å². The van der Waals surface area contributed by atoms with Gasteiger partial charge in [0, 0.05) is 32.3 Å². The molecule has 0 bridgehead atoms. The molecule has 0 radical (unpaired) electrons. The minimum absolute atomic E-state index is 0.285. The van der Waals surface area contributed by atoms with Crippen LogP contribution in [0.5, 0.6) is 0 Å². The third-order valence-corrected chi connectivity index (χ3v) is 4.27. The molecule has 1 N–H and O–H groups in total. The summed E-state index contributed by atoms with van der Waals surface area (Å²) in [6.07, 6.45) is 3.98. The Morgan fingerprint density at radius 1 is 1.39 bits per heavy atom. The highest BCUT2D eigenvalue weighted by Crippen LogP contribution is 2.20. The molecule has 2 fully saturated rings. The van der Waals surface area contributed by atoms with Gasteiger partial charge in [-0.3, -0.25) is 4.90 Å². The van der Waals surface area contributed by atoms with Gasteiger partial charge in [0.05, 0.1) is 6.61 Å². The quantitative estimate of drug-likeness (QED) is 0.772. The fraction of sp³-hybridized carbons (Fsp3) is 0.923. The largest absolute Gasteiger partial charge is 0.383 e. The molecule has 2 aliphatic rings. The summed E-state index contributed by atoms with van der Waals surface area (Å²) in [6.45, 7) is 7.53. The second-order valence-corrected chi connectivity index (χ2v) is 5.82. The van der Waals surface area contributed by atoms with Crippen LogP contribution in [-0.4, -0.2) is 66.9 Å². The molecule has 104 valence electrons. The summed E-state index contributed by atoms with van der Waals surface area (Å²) in [5.74, 6) is 0. The van der Waals surface area contributed by atoms with Crippen molar-refractivity contribution in [2.45, 2.75) is 38.3 Å². The number of ether oxygens (including phenoxy) is 1. The van der Waals surface area contributed by atoms with Crippen molar-refractivity contribution in [2.75, 3.05) is 39.9 Å². The number of likely N-dealkylation sites (tertiary alicyclic amines) is 2. The molecule has 0 aromatic heterocycles. The van der Waals surface area contributed by atoms with E-state index in [1.165, 1.54) is 32.4 Å². The van der Waals surface area contributed by atoms with Crippen LogP contribution in [0.4, 0.5) is 0 Å². The number of hydrogen-bond donors (Lipinski definition) is 1. The van der Waals surface area contributed by atoms with Gasteiger partial charge in [-0.25, -0.2) is 0 Å². The topological polar surface area (TPSA) is 27.7 Å². The Balaban J connectivity index is 1.75. The standard InChI is InChI=1S/C13H25N3OS/c1-11(10-17-2)14-13(18)16-8-5-12(9-16)15-6-3-4-7-15/h11-12H,3-10H2,1-2H3,(H,14,18). The average molecular weight is 271 g/mol. The summed E-state index contributed by atoms with van der Waals surface area (Å²) in [7, 11) is 1.72. The Bertz CT molecular complexity index is 281. The maximum atomic E-state index is 5.47. The summed E-state index contributed by atoms with van der Waals surface area (Å²) in [4.78, 5) is 4.94. The minimum Gasteiger partial charge on any atom is -0.383 e. The second-order valence-electron chi connectivity index (χ2n) is 5.44. The van der Waals surface area contributed by atoms with Gasteiger partial charge in [-0.05, 0) is 51.5 Å². The molecular formula is C13H25N3OS. The molecule has 0 amide bonds. The van der Waals surface area contributed by atoms with Crippen molar-refractivity contribution in [3.8, 4) is 0 Å². The van der Waals surface area contributed by atoms with Crippen molar-refractivity contribution >= 4 is 17.3 Å². The maximum absolute atomic E-state index is 5.47. The molecular weight excluding hydrogens is 246 g/mol. The van der Waals surface area contributed by atoms with Gasteiger partial charge >= 0.3 is 0 Å². The zero-order valence-electron chi connectivity index (χ0n) is 11.5. The fourth-order valence-corrected chi connectivity index (χ4v) is 3.29. The zero-order chi connectivity index (χ0) is 13.0. The smallest absolute Gasteiger partial charge is 0.169 e. The molecule has 2 saturated heterocycles. The normalized spacial score (nSPS) is 26.6. The van der Waals surface area contributed by atoms with Crippen molar-refractivity contribution in [1.29, 1.82) is 0 Å². The summed E-state index contributed by atoms with van der Waals surface area (Å²) in [5.41, 5.74) is 0. The van der Waals surface area contributed by atoms with Crippen LogP contribution in [-0.2, 0) is 4.74 Å². The van der Waals surface area contributed by atoms with Crippen LogP contribution in [0, 0.1) is 0 Å². The van der Waals surface area contributed by atoms with E-state index in [0.29, 0.717) is 12.6 Å². The third kappa shape index (κ3) is 3.56. The van der Waals surface area contributed by atoms with Crippen LogP contribution < -0.4 is 5.32 Å². The number of nitrogens with zero attached hydrogens (tertiary/aromatic N) is 2. The summed E-state index contributed by atoms with van der Waals surface area (Å²) < 4.78 is 5.12. The first kappa shape index (κ1) is 14.0. The maximum Gasteiger partial charge on any atom is 0.169 e. The van der Waals surface area contributed by atoms with Crippen LogP contribution in [0.25, 0.3) is 0 Å². The van der Waals surface area contributed by atoms with Gasteiger partial charge in [-0.1, -0.05) is 0 Å². The molecule has 0 aromatic rings. The van der Waals surface area contributed by atoms with Crippen LogP contribution in [0.15, 0.2) is 0 Å². The van der Waals surface area contributed by atoms with Crippen molar-refractivity contribution < 1.29 is 4.74 Å². The highest BCUT2D eigenvalue weighted by molar-refractivity contribution is 7.80. The third-order valence-electron chi connectivity index (χ3n) is 3.89. The van der Waals surface area contributed by atoms with Gasteiger partial charge in [0.1, 0.15) is 0 Å². The Morgan fingerprint density at radius 3 is 2.78 bits per heavy atom. The number of hydrogen-bond acceptors (Lipinski definition) is 3. The van der Waals surface area contributed by atoms with E-state index in [0.717, 1.165) is 18.2 Å². The number of methoxy groups -OCH3 is 1. The average Bonchev–Trinajstić information content (AvgIpc) is 3.00. The zero-order valence-corrected chi connectivity index (χ0v) is 12.3. The Kier molecular flexibility index (Phi) is 5.21. The molecule has 0 saturated carbocycles. The molecule has 18 heavy (non-hydrogen) atoms. The molecule has 2 unspecified atom stereocenters. The lowest BCUT2D eigenvalue weighted by Gasteiger charge is -2.26. The van der Waals surface area contributed by atoms with Gasteiger partial charge in [-0.15, -0.1) is 0 Å². The minimum atomic E-state index is 0.285. The van der Waals surface area contributed by atoms with E-state index in [1.54, 1.807) is 7.11 Å². The summed E-state index contributed by atoms with van der Waals surface area (Å²) in [5, 5.41) is 4.24. The first-order valence-electron chi connectivity index (χ1n) is 6.99. The molecule has 0 aromatic carbocycles. The van der Waals surface area contributed by atoms with E-state index in [2.05, 4.69) is 22.0 Å². The highest BCUT2D eigenvalue weighted by atomic mass is 32.1. The Morgan fingerprint density at radius 2 is 2.11 bits per heavy atom. The lowest BCUT2D eigenvalue weighted by molar-refractivity contribution is 0.178. The van der Waals surface area contributed by atoms with E-state index >= 15 is 0 Å². The van der Waals surface area contributed by atoms with E-state index in [4.69, 9.17) is 17.0 Å². The second kappa shape index (κ2) is 6.68. The SMILES string of the molecule is COCC(C)NC(=S)N1CCC(N2CCCC2)C1. The molecule has 2 heterocycles. The number of rotatable bonds is 4. The molecule has 2 aliphatic heterocycles.